The lowest BCUT2D eigenvalue weighted by atomic mass is 10.1. The summed E-state index contributed by atoms with van der Waals surface area (Å²) >= 11 is 0. The average molecular weight is 478 g/mol. The van der Waals surface area contributed by atoms with Gasteiger partial charge < -0.3 is 15.0 Å². The molecular formula is C26H27N3O4S. The van der Waals surface area contributed by atoms with Crippen molar-refractivity contribution in [2.24, 2.45) is 0 Å². The number of aromatic nitrogens is 1. The van der Waals surface area contributed by atoms with Crippen molar-refractivity contribution in [3.8, 4) is 5.75 Å². The van der Waals surface area contributed by atoms with Crippen molar-refractivity contribution in [3.05, 3.63) is 83.6 Å². The van der Waals surface area contributed by atoms with Crippen LogP contribution in [0.4, 0.5) is 11.4 Å². The molecule has 0 saturated carbocycles. The fourth-order valence-electron chi connectivity index (χ4n) is 3.89. The predicted octanol–water partition coefficient (Wildman–Crippen LogP) is 5.17. The van der Waals surface area contributed by atoms with Crippen LogP contribution in [0.3, 0.4) is 0 Å². The molecule has 3 N–H and O–H groups in total. The molecule has 7 nitrogen and oxygen atoms in total. The van der Waals surface area contributed by atoms with Crippen molar-refractivity contribution in [1.29, 1.82) is 0 Å². The Bertz CT molecular complexity index is 1440. The first kappa shape index (κ1) is 23.4. The number of benzene rings is 3. The van der Waals surface area contributed by atoms with Crippen molar-refractivity contribution in [1.82, 2.24) is 4.98 Å². The lowest BCUT2D eigenvalue weighted by Crippen LogP contribution is -2.17. The number of aryl methyl sites for hydroxylation is 2. The third kappa shape index (κ3) is 5.07. The normalized spacial score (nSPS) is 11.4. The molecule has 3 aromatic carbocycles. The van der Waals surface area contributed by atoms with Crippen LogP contribution in [0.15, 0.2) is 71.6 Å². The molecule has 0 saturated heterocycles. The zero-order chi connectivity index (χ0) is 24.3. The van der Waals surface area contributed by atoms with E-state index in [1.54, 1.807) is 43.3 Å². The van der Waals surface area contributed by atoms with Crippen LogP contribution in [0.1, 0.15) is 23.7 Å². The highest BCUT2D eigenvalue weighted by molar-refractivity contribution is 7.92. The standard InChI is InChI=1S/C26H27N3O4S/c1-4-33-21-13-11-19(12-14-21)29-34(31,32)25-15-20(10-9-17(25)2)28-26(30)16-23-18(3)27-24-8-6-5-7-22(23)24/h5-15,27,29H,4,16H2,1-3H3,(H,28,30). The Labute approximate surface area is 199 Å². The smallest absolute Gasteiger partial charge is 0.262 e. The van der Waals surface area contributed by atoms with Crippen LogP contribution >= 0.6 is 0 Å². The fraction of sp³-hybridized carbons (Fsp3) is 0.192. The van der Waals surface area contributed by atoms with Gasteiger partial charge in [0.2, 0.25) is 5.91 Å². The van der Waals surface area contributed by atoms with Gasteiger partial charge >= 0.3 is 0 Å². The van der Waals surface area contributed by atoms with Gasteiger partial charge in [-0.25, -0.2) is 8.42 Å². The van der Waals surface area contributed by atoms with Crippen molar-refractivity contribution in [3.63, 3.8) is 0 Å². The lowest BCUT2D eigenvalue weighted by molar-refractivity contribution is -0.115. The van der Waals surface area contributed by atoms with Crippen molar-refractivity contribution in [2.75, 3.05) is 16.6 Å². The largest absolute Gasteiger partial charge is 0.494 e. The number of H-pyrrole nitrogens is 1. The van der Waals surface area contributed by atoms with E-state index in [1.807, 2.05) is 38.1 Å². The van der Waals surface area contributed by atoms with Gasteiger partial charge in [0.05, 0.1) is 17.9 Å². The van der Waals surface area contributed by atoms with Crippen LogP contribution in [0.25, 0.3) is 10.9 Å². The second kappa shape index (κ2) is 9.61. The van der Waals surface area contributed by atoms with Crippen molar-refractivity contribution >= 4 is 38.2 Å². The number of amides is 1. The maximum absolute atomic E-state index is 13.1. The van der Waals surface area contributed by atoms with Crippen LogP contribution in [0, 0.1) is 13.8 Å². The molecule has 8 heteroatoms. The predicted molar refractivity (Wildman–Crippen MR) is 135 cm³/mol. The third-order valence-electron chi connectivity index (χ3n) is 5.54. The lowest BCUT2D eigenvalue weighted by Gasteiger charge is -2.13. The molecule has 0 spiro atoms. The molecule has 1 heterocycles. The fourth-order valence-corrected chi connectivity index (χ4v) is 5.22. The van der Waals surface area contributed by atoms with E-state index in [0.717, 1.165) is 22.2 Å². The Morgan fingerprint density at radius 1 is 0.971 bits per heavy atom. The number of carbonyl (C=O) groups is 1. The first-order valence-electron chi connectivity index (χ1n) is 11.0. The van der Waals surface area contributed by atoms with E-state index in [1.165, 1.54) is 6.07 Å². The van der Waals surface area contributed by atoms with E-state index in [2.05, 4.69) is 15.0 Å². The van der Waals surface area contributed by atoms with Gasteiger partial charge in [-0.1, -0.05) is 24.3 Å². The molecule has 0 bridgehead atoms. The monoisotopic (exact) mass is 477 g/mol. The quantitative estimate of drug-likeness (QED) is 0.326. The van der Waals surface area contributed by atoms with E-state index in [4.69, 9.17) is 4.74 Å². The van der Waals surface area contributed by atoms with E-state index in [0.29, 0.717) is 29.3 Å². The van der Waals surface area contributed by atoms with Crippen LogP contribution in [-0.4, -0.2) is 25.9 Å². The molecule has 0 aliphatic rings. The first-order chi connectivity index (χ1) is 16.3. The molecule has 176 valence electrons. The number of para-hydroxylation sites is 1. The number of hydrogen-bond acceptors (Lipinski definition) is 4. The van der Waals surface area contributed by atoms with Gasteiger partial charge in [0.25, 0.3) is 10.0 Å². The van der Waals surface area contributed by atoms with E-state index < -0.39 is 10.0 Å². The molecule has 0 aliphatic heterocycles. The van der Waals surface area contributed by atoms with Crippen molar-refractivity contribution in [2.45, 2.75) is 32.1 Å². The maximum Gasteiger partial charge on any atom is 0.262 e. The molecule has 0 radical (unpaired) electrons. The Balaban J connectivity index is 1.52. The highest BCUT2D eigenvalue weighted by Crippen LogP contribution is 2.26. The highest BCUT2D eigenvalue weighted by Gasteiger charge is 2.19. The number of ether oxygens (including phenoxy) is 1. The van der Waals surface area contributed by atoms with Crippen LogP contribution in [0.2, 0.25) is 0 Å². The second-order valence-corrected chi connectivity index (χ2v) is 9.69. The van der Waals surface area contributed by atoms with Gasteiger partial charge in [0, 0.05) is 28.0 Å². The van der Waals surface area contributed by atoms with Gasteiger partial charge in [-0.15, -0.1) is 0 Å². The summed E-state index contributed by atoms with van der Waals surface area (Å²) in [6, 6.07) is 19.4. The van der Waals surface area contributed by atoms with Crippen LogP contribution < -0.4 is 14.8 Å². The number of hydrogen-bond donors (Lipinski definition) is 3. The zero-order valence-electron chi connectivity index (χ0n) is 19.3. The number of carbonyl (C=O) groups excluding carboxylic acids is 1. The zero-order valence-corrected chi connectivity index (χ0v) is 20.1. The number of sulfonamides is 1. The molecule has 1 amide bonds. The SMILES string of the molecule is CCOc1ccc(NS(=O)(=O)c2cc(NC(=O)Cc3c(C)[nH]c4ccccc34)ccc2C)cc1. The topological polar surface area (TPSA) is 100 Å². The second-order valence-electron chi connectivity index (χ2n) is 8.04. The molecule has 0 atom stereocenters. The summed E-state index contributed by atoms with van der Waals surface area (Å²) in [5, 5.41) is 3.84. The van der Waals surface area contributed by atoms with Crippen LogP contribution in [0.5, 0.6) is 5.75 Å². The summed E-state index contributed by atoms with van der Waals surface area (Å²) in [4.78, 5) is 16.2. The number of nitrogens with one attached hydrogen (secondary N) is 3. The Morgan fingerprint density at radius 3 is 2.41 bits per heavy atom. The van der Waals surface area contributed by atoms with Gasteiger partial charge in [-0.2, -0.15) is 0 Å². The molecule has 4 aromatic rings. The molecule has 0 fully saturated rings. The molecule has 0 unspecified atom stereocenters. The van der Waals surface area contributed by atoms with E-state index in [-0.39, 0.29) is 17.2 Å². The van der Waals surface area contributed by atoms with Gasteiger partial charge in [-0.05, 0) is 74.4 Å². The van der Waals surface area contributed by atoms with Crippen LogP contribution in [-0.2, 0) is 21.2 Å². The summed E-state index contributed by atoms with van der Waals surface area (Å²) in [7, 11) is -3.86. The minimum Gasteiger partial charge on any atom is -0.494 e. The summed E-state index contributed by atoms with van der Waals surface area (Å²) in [6.07, 6.45) is 0.177. The van der Waals surface area contributed by atoms with Crippen molar-refractivity contribution < 1.29 is 17.9 Å². The molecule has 0 aliphatic carbocycles. The Kier molecular flexibility index (Phi) is 6.61. The number of anilines is 2. The first-order valence-corrected chi connectivity index (χ1v) is 12.5. The summed E-state index contributed by atoms with van der Waals surface area (Å²) in [5.41, 5.74) is 4.25. The van der Waals surface area contributed by atoms with Gasteiger partial charge in [0.1, 0.15) is 5.75 Å². The molecule has 1 aromatic heterocycles. The third-order valence-corrected chi connectivity index (χ3v) is 7.07. The minimum absolute atomic E-state index is 0.0995. The molecular weight excluding hydrogens is 450 g/mol. The maximum atomic E-state index is 13.1. The Morgan fingerprint density at radius 2 is 1.68 bits per heavy atom. The minimum atomic E-state index is -3.86. The number of aromatic amines is 1. The summed E-state index contributed by atoms with van der Waals surface area (Å²) in [5.74, 6) is 0.441. The van der Waals surface area contributed by atoms with E-state index >= 15 is 0 Å². The van der Waals surface area contributed by atoms with E-state index in [9.17, 15) is 13.2 Å². The summed E-state index contributed by atoms with van der Waals surface area (Å²) < 4.78 is 34.1. The number of rotatable bonds is 8. The van der Waals surface area contributed by atoms with Gasteiger partial charge in [0.15, 0.2) is 0 Å². The number of fused-ring (bicyclic) bond motifs is 1. The summed E-state index contributed by atoms with van der Waals surface area (Å²) in [6.45, 7) is 6.06. The highest BCUT2D eigenvalue weighted by atomic mass is 32.2. The Hall–Kier alpha value is -3.78. The van der Waals surface area contributed by atoms with Gasteiger partial charge in [-0.3, -0.25) is 9.52 Å². The molecule has 34 heavy (non-hydrogen) atoms. The average Bonchev–Trinajstić information content (AvgIpc) is 3.11. The molecule has 4 rings (SSSR count).